The van der Waals surface area contributed by atoms with Gasteiger partial charge in [-0.3, -0.25) is 0 Å². The van der Waals surface area contributed by atoms with Gasteiger partial charge in [-0.2, -0.15) is 0 Å². The zero-order chi connectivity index (χ0) is 8.81. The van der Waals surface area contributed by atoms with E-state index in [1.807, 2.05) is 0 Å². The van der Waals surface area contributed by atoms with Gasteiger partial charge < -0.3 is 10.2 Å². The lowest BCUT2D eigenvalue weighted by molar-refractivity contribution is 0.231. The van der Waals surface area contributed by atoms with E-state index >= 15 is 0 Å². The smallest absolute Gasteiger partial charge is 0.0217 e. The van der Waals surface area contributed by atoms with Crippen molar-refractivity contribution in [1.82, 2.24) is 10.2 Å². The molecular formula is C10H22N2. The van der Waals surface area contributed by atoms with Crippen molar-refractivity contribution in [3.8, 4) is 0 Å². The minimum atomic E-state index is 0.785. The molecule has 0 aliphatic carbocycles. The largest absolute Gasteiger partial charge is 0.315 e. The maximum Gasteiger partial charge on any atom is 0.0217 e. The SMILES string of the molecule is CCCN(C)C1CCCCNC1. The monoisotopic (exact) mass is 170 g/mol. The molecule has 12 heavy (non-hydrogen) atoms. The van der Waals surface area contributed by atoms with Gasteiger partial charge in [-0.15, -0.1) is 0 Å². The fourth-order valence-electron chi connectivity index (χ4n) is 1.91. The molecule has 1 unspecified atom stereocenters. The highest BCUT2D eigenvalue weighted by Crippen LogP contribution is 2.09. The molecule has 0 radical (unpaired) electrons. The van der Waals surface area contributed by atoms with Crippen LogP contribution in [0, 0.1) is 0 Å². The van der Waals surface area contributed by atoms with Crippen LogP contribution in [0.5, 0.6) is 0 Å². The van der Waals surface area contributed by atoms with Crippen molar-refractivity contribution < 1.29 is 0 Å². The second-order valence-corrected chi connectivity index (χ2v) is 3.83. The molecule has 0 aromatic carbocycles. The van der Waals surface area contributed by atoms with Gasteiger partial charge in [-0.1, -0.05) is 13.3 Å². The Balaban J connectivity index is 2.27. The summed E-state index contributed by atoms with van der Waals surface area (Å²) in [6, 6.07) is 0.785. The van der Waals surface area contributed by atoms with Crippen molar-refractivity contribution in [1.29, 1.82) is 0 Å². The molecule has 2 nitrogen and oxygen atoms in total. The quantitative estimate of drug-likeness (QED) is 0.690. The first-order valence-corrected chi connectivity index (χ1v) is 5.25. The van der Waals surface area contributed by atoms with E-state index in [0.29, 0.717) is 0 Å². The maximum atomic E-state index is 3.49. The van der Waals surface area contributed by atoms with E-state index in [1.165, 1.54) is 45.3 Å². The molecule has 1 saturated heterocycles. The van der Waals surface area contributed by atoms with Gasteiger partial charge in [0.05, 0.1) is 0 Å². The summed E-state index contributed by atoms with van der Waals surface area (Å²) < 4.78 is 0. The Bertz CT molecular complexity index is 106. The second-order valence-electron chi connectivity index (χ2n) is 3.83. The number of hydrogen-bond donors (Lipinski definition) is 1. The lowest BCUT2D eigenvalue weighted by Crippen LogP contribution is -2.39. The lowest BCUT2D eigenvalue weighted by Gasteiger charge is -2.26. The molecule has 1 heterocycles. The number of nitrogens with one attached hydrogen (secondary N) is 1. The number of nitrogens with zero attached hydrogens (tertiary/aromatic N) is 1. The number of rotatable bonds is 3. The molecule has 0 amide bonds. The summed E-state index contributed by atoms with van der Waals surface area (Å²) in [7, 11) is 2.25. The molecule has 0 saturated carbocycles. The van der Waals surface area contributed by atoms with Gasteiger partial charge in [0.15, 0.2) is 0 Å². The summed E-state index contributed by atoms with van der Waals surface area (Å²) in [6.45, 7) is 5.90. The Kier molecular flexibility index (Phi) is 4.62. The topological polar surface area (TPSA) is 15.3 Å². The fourth-order valence-corrected chi connectivity index (χ4v) is 1.91. The normalized spacial score (nSPS) is 25.8. The Morgan fingerprint density at radius 3 is 3.00 bits per heavy atom. The summed E-state index contributed by atoms with van der Waals surface area (Å²) in [6.07, 6.45) is 5.40. The van der Waals surface area contributed by atoms with E-state index in [0.717, 1.165) is 6.04 Å². The van der Waals surface area contributed by atoms with Gasteiger partial charge >= 0.3 is 0 Å². The predicted molar refractivity (Wildman–Crippen MR) is 53.4 cm³/mol. The Morgan fingerprint density at radius 2 is 2.25 bits per heavy atom. The third-order valence-corrected chi connectivity index (χ3v) is 2.72. The average Bonchev–Trinajstić information content (AvgIpc) is 2.32. The van der Waals surface area contributed by atoms with Crippen LogP contribution in [-0.2, 0) is 0 Å². The summed E-state index contributed by atoms with van der Waals surface area (Å²) >= 11 is 0. The fraction of sp³-hybridized carbons (Fsp3) is 1.00. The summed E-state index contributed by atoms with van der Waals surface area (Å²) in [5.41, 5.74) is 0. The molecule has 0 spiro atoms. The van der Waals surface area contributed by atoms with Gasteiger partial charge in [-0.05, 0) is 39.4 Å². The van der Waals surface area contributed by atoms with Gasteiger partial charge in [0, 0.05) is 12.6 Å². The third-order valence-electron chi connectivity index (χ3n) is 2.72. The summed E-state index contributed by atoms with van der Waals surface area (Å²) in [5.74, 6) is 0. The second kappa shape index (κ2) is 5.55. The number of likely N-dealkylation sites (N-methyl/N-ethyl adjacent to an activating group) is 1. The molecule has 72 valence electrons. The van der Waals surface area contributed by atoms with Gasteiger partial charge in [-0.25, -0.2) is 0 Å². The van der Waals surface area contributed by atoms with E-state index in [-0.39, 0.29) is 0 Å². The average molecular weight is 170 g/mol. The summed E-state index contributed by atoms with van der Waals surface area (Å²) in [4.78, 5) is 2.50. The zero-order valence-corrected chi connectivity index (χ0v) is 8.47. The zero-order valence-electron chi connectivity index (χ0n) is 8.47. The van der Waals surface area contributed by atoms with E-state index in [1.54, 1.807) is 0 Å². The van der Waals surface area contributed by atoms with E-state index < -0.39 is 0 Å². The molecule has 1 rings (SSSR count). The predicted octanol–water partition coefficient (Wildman–Crippen LogP) is 1.47. The van der Waals surface area contributed by atoms with Crippen LogP contribution in [-0.4, -0.2) is 37.6 Å². The minimum Gasteiger partial charge on any atom is -0.315 e. The lowest BCUT2D eigenvalue weighted by atomic mass is 10.1. The van der Waals surface area contributed by atoms with E-state index in [2.05, 4.69) is 24.2 Å². The maximum absolute atomic E-state index is 3.49. The van der Waals surface area contributed by atoms with Gasteiger partial charge in [0.25, 0.3) is 0 Å². The molecule has 0 aromatic rings. The van der Waals surface area contributed by atoms with Crippen molar-refractivity contribution in [2.45, 2.75) is 38.6 Å². The first-order chi connectivity index (χ1) is 5.84. The molecule has 1 fully saturated rings. The molecule has 1 aliphatic heterocycles. The summed E-state index contributed by atoms with van der Waals surface area (Å²) in [5, 5.41) is 3.49. The van der Waals surface area contributed by atoms with Crippen molar-refractivity contribution in [3.63, 3.8) is 0 Å². The van der Waals surface area contributed by atoms with Crippen LogP contribution in [0.4, 0.5) is 0 Å². The van der Waals surface area contributed by atoms with Crippen LogP contribution in [0.2, 0.25) is 0 Å². The third kappa shape index (κ3) is 3.11. The standard InChI is InChI=1S/C10H22N2/c1-3-8-12(2)10-6-4-5-7-11-9-10/h10-11H,3-9H2,1-2H3. The van der Waals surface area contributed by atoms with Crippen LogP contribution in [0.3, 0.4) is 0 Å². The first-order valence-electron chi connectivity index (χ1n) is 5.25. The van der Waals surface area contributed by atoms with Crippen LogP contribution in [0.15, 0.2) is 0 Å². The first kappa shape index (κ1) is 10.0. The highest BCUT2D eigenvalue weighted by Gasteiger charge is 2.15. The van der Waals surface area contributed by atoms with Gasteiger partial charge in [0.2, 0.25) is 0 Å². The Hall–Kier alpha value is -0.0800. The van der Waals surface area contributed by atoms with Crippen LogP contribution < -0.4 is 5.32 Å². The van der Waals surface area contributed by atoms with Crippen molar-refractivity contribution in [2.24, 2.45) is 0 Å². The molecular weight excluding hydrogens is 148 g/mol. The van der Waals surface area contributed by atoms with E-state index in [9.17, 15) is 0 Å². The van der Waals surface area contributed by atoms with E-state index in [4.69, 9.17) is 0 Å². The highest BCUT2D eigenvalue weighted by atomic mass is 15.1. The highest BCUT2D eigenvalue weighted by molar-refractivity contribution is 4.74. The minimum absolute atomic E-state index is 0.785. The Morgan fingerprint density at radius 1 is 1.42 bits per heavy atom. The van der Waals surface area contributed by atoms with Crippen molar-refractivity contribution in [2.75, 3.05) is 26.7 Å². The molecule has 2 heteroatoms. The van der Waals surface area contributed by atoms with Gasteiger partial charge in [0.1, 0.15) is 0 Å². The Labute approximate surface area is 76.3 Å². The van der Waals surface area contributed by atoms with Crippen molar-refractivity contribution >= 4 is 0 Å². The number of hydrogen-bond acceptors (Lipinski definition) is 2. The van der Waals surface area contributed by atoms with Crippen LogP contribution in [0.1, 0.15) is 32.6 Å². The molecule has 1 atom stereocenters. The van der Waals surface area contributed by atoms with Crippen LogP contribution in [0.25, 0.3) is 0 Å². The molecule has 1 N–H and O–H groups in total. The van der Waals surface area contributed by atoms with Crippen molar-refractivity contribution in [3.05, 3.63) is 0 Å². The molecule has 0 aromatic heterocycles. The molecule has 1 aliphatic rings. The molecule has 0 bridgehead atoms. The van der Waals surface area contributed by atoms with Crippen LogP contribution >= 0.6 is 0 Å².